The Morgan fingerprint density at radius 2 is 1.61 bits per heavy atom. The molecule has 5 nitrogen and oxygen atoms in total. The molecule has 3 aromatic carbocycles. The maximum atomic E-state index is 12.8. The molecule has 0 radical (unpaired) electrons. The second-order valence-electron chi connectivity index (χ2n) is 6.33. The molecule has 3 aromatic rings. The second-order valence-corrected chi connectivity index (χ2v) is 7.49. The summed E-state index contributed by atoms with van der Waals surface area (Å²) in [6.07, 6.45) is -0.915. The molecule has 1 aliphatic rings. The summed E-state index contributed by atoms with van der Waals surface area (Å²) in [5.74, 6) is 0.861. The van der Waals surface area contributed by atoms with Gasteiger partial charge in [-0.25, -0.2) is 0 Å². The number of fused-ring (bicyclic) bond motifs is 1. The van der Waals surface area contributed by atoms with Crippen molar-refractivity contribution in [3.8, 4) is 11.5 Å². The highest BCUT2D eigenvalue weighted by Gasteiger charge is 2.23. The minimum Gasteiger partial charge on any atom is -0.486 e. The zero-order chi connectivity index (χ0) is 19.5. The van der Waals surface area contributed by atoms with Gasteiger partial charge >= 0.3 is 0 Å². The first kappa shape index (κ1) is 18.8. The number of ether oxygens (including phenoxy) is 2. The number of hydrogen-bond acceptors (Lipinski definition) is 4. The van der Waals surface area contributed by atoms with Crippen LogP contribution in [-0.4, -0.2) is 24.2 Å². The lowest BCUT2D eigenvalue weighted by Gasteiger charge is -2.23. The molecule has 1 unspecified atom stereocenters. The highest BCUT2D eigenvalue weighted by Crippen LogP contribution is 2.40. The first-order valence-corrected chi connectivity index (χ1v) is 9.94. The minimum absolute atomic E-state index is 0.247. The largest absolute Gasteiger partial charge is 0.486 e. The molecular weight excluding hydrogens is 469 g/mol. The third-order valence-corrected chi connectivity index (χ3v) is 5.43. The number of hydrogen-bond donors (Lipinski definition) is 2. The third kappa shape index (κ3) is 3.83. The molecule has 28 heavy (non-hydrogen) atoms. The number of carbonyl (C=O) groups excluding carboxylic acids is 1. The Morgan fingerprint density at radius 3 is 2.32 bits per heavy atom. The van der Waals surface area contributed by atoms with Crippen LogP contribution >= 0.6 is 22.6 Å². The van der Waals surface area contributed by atoms with Crippen molar-refractivity contribution in [2.24, 2.45) is 0 Å². The number of benzene rings is 3. The fraction of sp³-hybridized carbons (Fsp3) is 0.136. The van der Waals surface area contributed by atoms with Crippen LogP contribution in [0.4, 0.5) is 5.69 Å². The number of aliphatic hydroxyl groups is 1. The van der Waals surface area contributed by atoms with Crippen LogP contribution in [-0.2, 0) is 0 Å². The molecule has 0 aliphatic carbocycles. The van der Waals surface area contributed by atoms with Crippen LogP contribution < -0.4 is 14.8 Å². The highest BCUT2D eigenvalue weighted by atomic mass is 127. The predicted molar refractivity (Wildman–Crippen MR) is 115 cm³/mol. The Labute approximate surface area is 176 Å². The van der Waals surface area contributed by atoms with E-state index >= 15 is 0 Å². The van der Waals surface area contributed by atoms with Gasteiger partial charge in [0.05, 0.1) is 11.3 Å². The molecule has 6 heteroatoms. The summed E-state index contributed by atoms with van der Waals surface area (Å²) >= 11 is 2.13. The predicted octanol–water partition coefficient (Wildman–Crippen LogP) is 4.40. The quantitative estimate of drug-likeness (QED) is 0.536. The molecule has 142 valence electrons. The first-order chi connectivity index (χ1) is 13.6. The van der Waals surface area contributed by atoms with E-state index in [0.29, 0.717) is 41.5 Å². The smallest absolute Gasteiger partial charge is 0.256 e. The molecule has 2 N–H and O–H groups in total. The van der Waals surface area contributed by atoms with Crippen molar-refractivity contribution in [2.45, 2.75) is 6.10 Å². The lowest BCUT2D eigenvalue weighted by molar-refractivity contribution is 0.102. The molecule has 1 heterocycles. The molecule has 0 spiro atoms. The van der Waals surface area contributed by atoms with Gasteiger partial charge in [0.2, 0.25) is 0 Å². The van der Waals surface area contributed by atoms with Crippen LogP contribution in [0.25, 0.3) is 0 Å². The number of nitrogens with one attached hydrogen (secondary N) is 1. The molecule has 0 saturated carbocycles. The van der Waals surface area contributed by atoms with Crippen molar-refractivity contribution < 1.29 is 19.4 Å². The summed E-state index contributed by atoms with van der Waals surface area (Å²) in [4.78, 5) is 12.8. The lowest BCUT2D eigenvalue weighted by Crippen LogP contribution is -2.19. The van der Waals surface area contributed by atoms with Crippen molar-refractivity contribution in [2.75, 3.05) is 18.5 Å². The molecule has 1 atom stereocenters. The van der Waals surface area contributed by atoms with Gasteiger partial charge in [-0.1, -0.05) is 42.5 Å². The van der Waals surface area contributed by atoms with E-state index in [0.717, 1.165) is 9.13 Å². The lowest BCUT2D eigenvalue weighted by atomic mass is 9.98. The van der Waals surface area contributed by atoms with E-state index in [-0.39, 0.29) is 5.91 Å². The fourth-order valence-corrected chi connectivity index (χ4v) is 3.72. The number of rotatable bonds is 4. The van der Waals surface area contributed by atoms with E-state index in [1.54, 1.807) is 18.2 Å². The molecule has 0 bridgehead atoms. The Bertz CT molecular complexity index is 1010. The van der Waals surface area contributed by atoms with Crippen molar-refractivity contribution in [1.82, 2.24) is 0 Å². The second kappa shape index (κ2) is 8.20. The van der Waals surface area contributed by atoms with Crippen molar-refractivity contribution in [3.63, 3.8) is 0 Å². The van der Waals surface area contributed by atoms with E-state index in [9.17, 15) is 9.90 Å². The van der Waals surface area contributed by atoms with Gasteiger partial charge in [0.1, 0.15) is 19.3 Å². The van der Waals surface area contributed by atoms with Crippen molar-refractivity contribution in [3.05, 3.63) is 87.0 Å². The number of aliphatic hydroxyl groups excluding tert-OH is 1. The maximum absolute atomic E-state index is 12.8. The van der Waals surface area contributed by atoms with Gasteiger partial charge in [-0.3, -0.25) is 4.79 Å². The average Bonchev–Trinajstić information content (AvgIpc) is 2.73. The zero-order valence-corrected chi connectivity index (χ0v) is 17.0. The third-order valence-electron chi connectivity index (χ3n) is 4.49. The fourth-order valence-electron chi connectivity index (χ4n) is 3.09. The van der Waals surface area contributed by atoms with Gasteiger partial charge in [0, 0.05) is 15.2 Å². The van der Waals surface area contributed by atoms with E-state index < -0.39 is 6.10 Å². The standard InChI is InChI=1S/C22H18INO4/c23-17-9-5-4-8-15(17)22(26)24-18-13-20-19(27-10-11-28-20)12-16(18)21(25)14-6-2-1-3-7-14/h1-9,12-13,21,25H,10-11H2,(H,24,26). The molecule has 4 rings (SSSR count). The van der Waals surface area contributed by atoms with Crippen LogP contribution in [0, 0.1) is 3.57 Å². The number of anilines is 1. The Kier molecular flexibility index (Phi) is 5.50. The van der Waals surface area contributed by atoms with Gasteiger partial charge in [-0.15, -0.1) is 0 Å². The maximum Gasteiger partial charge on any atom is 0.256 e. The zero-order valence-electron chi connectivity index (χ0n) is 14.9. The molecule has 0 fully saturated rings. The summed E-state index contributed by atoms with van der Waals surface area (Å²) in [5.41, 5.74) is 2.34. The highest BCUT2D eigenvalue weighted by molar-refractivity contribution is 14.1. The van der Waals surface area contributed by atoms with Crippen LogP contribution in [0.5, 0.6) is 11.5 Å². The number of carbonyl (C=O) groups is 1. The molecule has 0 aromatic heterocycles. The Hall–Kier alpha value is -2.58. The molecule has 1 amide bonds. The van der Waals surface area contributed by atoms with E-state index in [1.807, 2.05) is 48.5 Å². The topological polar surface area (TPSA) is 67.8 Å². The van der Waals surface area contributed by atoms with Crippen LogP contribution in [0.2, 0.25) is 0 Å². The van der Waals surface area contributed by atoms with Crippen molar-refractivity contribution >= 4 is 34.2 Å². The average molecular weight is 487 g/mol. The van der Waals surface area contributed by atoms with E-state index in [4.69, 9.17) is 9.47 Å². The number of halogens is 1. The van der Waals surface area contributed by atoms with E-state index in [2.05, 4.69) is 27.9 Å². The summed E-state index contributed by atoms with van der Waals surface area (Å²) in [7, 11) is 0. The van der Waals surface area contributed by atoms with Gasteiger partial charge in [-0.2, -0.15) is 0 Å². The first-order valence-electron chi connectivity index (χ1n) is 8.86. The molecule has 0 saturated heterocycles. The minimum atomic E-state index is -0.915. The molecular formula is C22H18INO4. The Morgan fingerprint density at radius 1 is 0.964 bits per heavy atom. The van der Waals surface area contributed by atoms with Crippen LogP contribution in [0.15, 0.2) is 66.7 Å². The Balaban J connectivity index is 1.74. The SMILES string of the molecule is O=C(Nc1cc2c(cc1C(O)c1ccccc1)OCCO2)c1ccccc1I. The van der Waals surface area contributed by atoms with E-state index in [1.165, 1.54) is 0 Å². The van der Waals surface area contributed by atoms with Gasteiger partial charge in [0.25, 0.3) is 5.91 Å². The number of amides is 1. The summed E-state index contributed by atoms with van der Waals surface area (Å²) in [6, 6.07) is 20.1. The summed E-state index contributed by atoms with van der Waals surface area (Å²) < 4.78 is 12.2. The monoisotopic (exact) mass is 487 g/mol. The summed E-state index contributed by atoms with van der Waals surface area (Å²) in [6.45, 7) is 0.888. The molecule has 1 aliphatic heterocycles. The van der Waals surface area contributed by atoms with Gasteiger partial charge in [0.15, 0.2) is 11.5 Å². The summed E-state index contributed by atoms with van der Waals surface area (Å²) in [5, 5.41) is 13.9. The van der Waals surface area contributed by atoms with Gasteiger partial charge < -0.3 is 19.9 Å². The van der Waals surface area contributed by atoms with Crippen molar-refractivity contribution in [1.29, 1.82) is 0 Å². The van der Waals surface area contributed by atoms with Crippen LogP contribution in [0.3, 0.4) is 0 Å². The van der Waals surface area contributed by atoms with Crippen LogP contribution in [0.1, 0.15) is 27.6 Å². The normalized spacial score (nSPS) is 13.6. The van der Waals surface area contributed by atoms with Gasteiger partial charge in [-0.05, 0) is 46.4 Å².